The second kappa shape index (κ2) is 4.99. The monoisotopic (exact) mass is 282 g/mol. The normalized spacial score (nSPS) is 11.4. The van der Waals surface area contributed by atoms with E-state index in [4.69, 9.17) is 5.73 Å². The lowest BCUT2D eigenvalue weighted by Crippen LogP contribution is -2.13. The Morgan fingerprint density at radius 2 is 1.65 bits per heavy atom. The van der Waals surface area contributed by atoms with Crippen molar-refractivity contribution in [2.45, 2.75) is 6.18 Å². The summed E-state index contributed by atoms with van der Waals surface area (Å²) in [6.07, 6.45) is -4.62. The Morgan fingerprint density at radius 1 is 1.05 bits per heavy atom. The van der Waals surface area contributed by atoms with E-state index in [1.165, 1.54) is 6.07 Å². The maximum absolute atomic E-state index is 12.6. The van der Waals surface area contributed by atoms with E-state index in [1.807, 2.05) is 19.0 Å². The molecular formula is C13H13F3N4. The Bertz CT molecular complexity index is 606. The van der Waals surface area contributed by atoms with Crippen LogP contribution in [0.3, 0.4) is 0 Å². The van der Waals surface area contributed by atoms with Crippen molar-refractivity contribution in [1.82, 2.24) is 9.97 Å². The highest BCUT2D eigenvalue weighted by Crippen LogP contribution is 2.29. The molecule has 0 unspecified atom stereocenters. The van der Waals surface area contributed by atoms with Crippen molar-refractivity contribution in [2.75, 3.05) is 24.7 Å². The molecule has 1 heterocycles. The van der Waals surface area contributed by atoms with Crippen LogP contribution in [0.25, 0.3) is 11.3 Å². The molecule has 0 fully saturated rings. The Labute approximate surface area is 114 Å². The number of nitrogens with zero attached hydrogens (tertiary/aromatic N) is 3. The molecule has 0 amide bonds. The number of halogens is 3. The smallest absolute Gasteiger partial charge is 0.384 e. The van der Waals surface area contributed by atoms with Gasteiger partial charge in [0.1, 0.15) is 5.82 Å². The highest BCUT2D eigenvalue weighted by molar-refractivity contribution is 5.65. The summed E-state index contributed by atoms with van der Waals surface area (Å²) in [7, 11) is 3.75. The molecule has 0 atom stereocenters. The van der Waals surface area contributed by atoms with Gasteiger partial charge in [-0.05, 0) is 12.1 Å². The van der Waals surface area contributed by atoms with E-state index in [1.54, 1.807) is 24.3 Å². The number of rotatable bonds is 2. The van der Waals surface area contributed by atoms with E-state index < -0.39 is 12.0 Å². The van der Waals surface area contributed by atoms with Crippen LogP contribution in [0.2, 0.25) is 0 Å². The molecule has 106 valence electrons. The van der Waals surface area contributed by atoms with Crippen LogP contribution in [0.5, 0.6) is 0 Å². The third-order valence-electron chi connectivity index (χ3n) is 2.68. The first-order valence-corrected chi connectivity index (χ1v) is 5.77. The largest absolute Gasteiger partial charge is 0.451 e. The standard InChI is InChI=1S/C13H13F3N4/c1-20(2)9-5-3-8(4-6-9)10-7-11(17)19-12(18-10)13(14,15)16/h3-7H,1-2H3,(H2,17,18,19). The number of aromatic nitrogens is 2. The summed E-state index contributed by atoms with van der Waals surface area (Å²) in [5.74, 6) is -1.44. The van der Waals surface area contributed by atoms with Gasteiger partial charge in [0.15, 0.2) is 0 Å². The van der Waals surface area contributed by atoms with Gasteiger partial charge in [-0.25, -0.2) is 9.97 Å². The van der Waals surface area contributed by atoms with Gasteiger partial charge in [0, 0.05) is 31.4 Å². The zero-order valence-electron chi connectivity index (χ0n) is 10.9. The minimum Gasteiger partial charge on any atom is -0.384 e. The fourth-order valence-electron chi connectivity index (χ4n) is 1.67. The van der Waals surface area contributed by atoms with E-state index in [9.17, 15) is 13.2 Å². The van der Waals surface area contributed by atoms with Gasteiger partial charge in [-0.1, -0.05) is 12.1 Å². The molecule has 0 aliphatic heterocycles. The van der Waals surface area contributed by atoms with Crippen LogP contribution in [-0.4, -0.2) is 24.1 Å². The number of alkyl halides is 3. The average Bonchev–Trinajstić information content (AvgIpc) is 2.37. The first kappa shape index (κ1) is 14.1. The van der Waals surface area contributed by atoms with Gasteiger partial charge in [-0.2, -0.15) is 13.2 Å². The molecule has 1 aromatic heterocycles. The molecule has 7 heteroatoms. The number of nitrogen functional groups attached to an aromatic ring is 1. The van der Waals surface area contributed by atoms with Gasteiger partial charge in [-0.15, -0.1) is 0 Å². The molecule has 2 N–H and O–H groups in total. The lowest BCUT2D eigenvalue weighted by molar-refractivity contribution is -0.144. The quantitative estimate of drug-likeness (QED) is 0.920. The number of hydrogen-bond donors (Lipinski definition) is 1. The summed E-state index contributed by atoms with van der Waals surface area (Å²) in [6, 6.07) is 8.29. The predicted octanol–water partition coefficient (Wildman–Crippen LogP) is 2.81. The first-order valence-electron chi connectivity index (χ1n) is 5.77. The molecule has 0 saturated carbocycles. The summed E-state index contributed by atoms with van der Waals surface area (Å²) < 4.78 is 37.9. The highest BCUT2D eigenvalue weighted by Gasteiger charge is 2.35. The number of anilines is 2. The van der Waals surface area contributed by atoms with E-state index in [0.717, 1.165) is 5.69 Å². The maximum atomic E-state index is 12.6. The van der Waals surface area contributed by atoms with Crippen LogP contribution in [-0.2, 0) is 6.18 Å². The summed E-state index contributed by atoms with van der Waals surface area (Å²) >= 11 is 0. The second-order valence-electron chi connectivity index (χ2n) is 4.44. The molecule has 4 nitrogen and oxygen atoms in total. The van der Waals surface area contributed by atoms with Crippen molar-refractivity contribution >= 4 is 11.5 Å². The molecule has 0 aliphatic rings. The van der Waals surface area contributed by atoms with Gasteiger partial charge in [0.05, 0.1) is 5.69 Å². The second-order valence-corrected chi connectivity index (χ2v) is 4.44. The summed E-state index contributed by atoms with van der Waals surface area (Å²) in [5.41, 5.74) is 7.05. The van der Waals surface area contributed by atoms with Crippen LogP contribution < -0.4 is 10.6 Å². The van der Waals surface area contributed by atoms with Gasteiger partial charge in [0.2, 0.25) is 5.82 Å². The van der Waals surface area contributed by atoms with Crippen LogP contribution in [0.4, 0.5) is 24.7 Å². The summed E-state index contributed by atoms with van der Waals surface area (Å²) in [6.45, 7) is 0. The van der Waals surface area contributed by atoms with Crippen molar-refractivity contribution in [3.05, 3.63) is 36.2 Å². The molecule has 0 bridgehead atoms. The minimum atomic E-state index is -4.62. The minimum absolute atomic E-state index is 0.148. The average molecular weight is 282 g/mol. The Morgan fingerprint density at radius 3 is 2.15 bits per heavy atom. The van der Waals surface area contributed by atoms with Crippen molar-refractivity contribution in [1.29, 1.82) is 0 Å². The Hall–Kier alpha value is -2.31. The molecule has 0 spiro atoms. The number of nitrogens with two attached hydrogens (primary N) is 1. The lowest BCUT2D eigenvalue weighted by atomic mass is 10.1. The molecule has 20 heavy (non-hydrogen) atoms. The summed E-state index contributed by atoms with van der Waals surface area (Å²) in [5, 5.41) is 0. The SMILES string of the molecule is CN(C)c1ccc(-c2cc(N)nc(C(F)(F)F)n2)cc1. The molecule has 0 aliphatic carbocycles. The zero-order valence-corrected chi connectivity index (χ0v) is 10.9. The van der Waals surface area contributed by atoms with Crippen LogP contribution in [0, 0.1) is 0 Å². The lowest BCUT2D eigenvalue weighted by Gasteiger charge is -2.13. The fourth-order valence-corrected chi connectivity index (χ4v) is 1.67. The van der Waals surface area contributed by atoms with E-state index in [0.29, 0.717) is 5.56 Å². The first-order chi connectivity index (χ1) is 9.27. The Kier molecular flexibility index (Phi) is 3.52. The molecule has 2 aromatic rings. The third-order valence-corrected chi connectivity index (χ3v) is 2.68. The third kappa shape index (κ3) is 2.98. The molecule has 0 saturated heterocycles. The predicted molar refractivity (Wildman–Crippen MR) is 71.2 cm³/mol. The molecule has 1 aromatic carbocycles. The van der Waals surface area contributed by atoms with Gasteiger partial charge in [-0.3, -0.25) is 0 Å². The molecule has 2 rings (SSSR count). The van der Waals surface area contributed by atoms with Crippen molar-refractivity contribution < 1.29 is 13.2 Å². The summed E-state index contributed by atoms with van der Waals surface area (Å²) in [4.78, 5) is 8.62. The Balaban J connectivity index is 2.44. The molecule has 0 radical (unpaired) electrons. The van der Waals surface area contributed by atoms with Crippen LogP contribution in [0.15, 0.2) is 30.3 Å². The van der Waals surface area contributed by atoms with Crippen molar-refractivity contribution in [2.24, 2.45) is 0 Å². The van der Waals surface area contributed by atoms with Gasteiger partial charge in [0.25, 0.3) is 0 Å². The zero-order chi connectivity index (χ0) is 14.9. The number of hydrogen-bond acceptors (Lipinski definition) is 4. The van der Waals surface area contributed by atoms with Gasteiger partial charge < -0.3 is 10.6 Å². The van der Waals surface area contributed by atoms with Crippen molar-refractivity contribution in [3.63, 3.8) is 0 Å². The van der Waals surface area contributed by atoms with Crippen LogP contribution in [0.1, 0.15) is 5.82 Å². The van der Waals surface area contributed by atoms with E-state index in [2.05, 4.69) is 9.97 Å². The van der Waals surface area contributed by atoms with Crippen LogP contribution >= 0.6 is 0 Å². The highest BCUT2D eigenvalue weighted by atomic mass is 19.4. The molecular weight excluding hydrogens is 269 g/mol. The number of benzene rings is 1. The van der Waals surface area contributed by atoms with E-state index >= 15 is 0 Å². The topological polar surface area (TPSA) is 55.0 Å². The van der Waals surface area contributed by atoms with Crippen molar-refractivity contribution in [3.8, 4) is 11.3 Å². The van der Waals surface area contributed by atoms with Gasteiger partial charge >= 0.3 is 6.18 Å². The fraction of sp³-hybridized carbons (Fsp3) is 0.231. The maximum Gasteiger partial charge on any atom is 0.451 e. The van der Waals surface area contributed by atoms with E-state index in [-0.39, 0.29) is 11.5 Å².